The van der Waals surface area contributed by atoms with Gasteiger partial charge in [-0.05, 0) is 38.8 Å². The van der Waals surface area contributed by atoms with E-state index in [1.54, 1.807) is 76.2 Å². The zero-order chi connectivity index (χ0) is 41.2. The van der Waals surface area contributed by atoms with Crippen molar-refractivity contribution in [3.05, 3.63) is 188 Å². The Kier molecular flexibility index (Phi) is 13.9. The maximum Gasteiger partial charge on any atom is 2.00 e. The van der Waals surface area contributed by atoms with E-state index in [-0.39, 0.29) is 54.1 Å². The van der Waals surface area contributed by atoms with Crippen molar-refractivity contribution in [3.8, 4) is 11.5 Å². The number of rotatable bonds is 6. The van der Waals surface area contributed by atoms with Gasteiger partial charge in [-0.2, -0.15) is 0 Å². The number of hydrogen-bond donors (Lipinski definition) is 0. The maximum atomic E-state index is 14.1. The zero-order valence-electron chi connectivity index (χ0n) is 29.9. The number of halogens is 10. The summed E-state index contributed by atoms with van der Waals surface area (Å²) in [4.78, 5) is 7.45. The molecule has 15 heteroatoms. The topological polar surface area (TPSA) is 70.8 Å². The molecule has 6 aromatic rings. The SMILES string of the molecule is Cc1cc(C)c([O-])c(C(=Nc2c(F)c(F)c(F)c(F)c2F)c2ccccc2)c1.Cc1cc(C)c([O-])c(C(=Nc2c(F)c(F)c(F)c(F)c2F)c2ccccc2)c1.[Pd+2]. The van der Waals surface area contributed by atoms with Crippen LogP contribution in [0, 0.1) is 85.9 Å². The first-order chi connectivity index (χ1) is 26.4. The minimum atomic E-state index is -2.27. The Balaban J connectivity index is 0.000000248. The van der Waals surface area contributed by atoms with Crippen molar-refractivity contribution in [2.45, 2.75) is 27.7 Å². The minimum absolute atomic E-state index is 0. The molecule has 6 rings (SSSR count). The molecule has 0 amide bonds. The summed E-state index contributed by atoms with van der Waals surface area (Å²) in [5, 5.41) is 25.2. The number of aliphatic imine (C=N–C) groups is 2. The molecule has 0 saturated carbocycles. The van der Waals surface area contributed by atoms with Gasteiger partial charge in [0.1, 0.15) is 11.4 Å². The Bertz CT molecular complexity index is 2310. The molecule has 0 radical (unpaired) electrons. The predicted molar refractivity (Wildman–Crippen MR) is 187 cm³/mol. The molecule has 57 heavy (non-hydrogen) atoms. The summed E-state index contributed by atoms with van der Waals surface area (Å²) in [6, 6.07) is 21.9. The summed E-state index contributed by atoms with van der Waals surface area (Å²) >= 11 is 0. The fraction of sp³-hybridized carbons (Fsp3) is 0.0952. The summed E-state index contributed by atoms with van der Waals surface area (Å²) in [7, 11) is 0. The van der Waals surface area contributed by atoms with E-state index in [0.717, 1.165) is 0 Å². The molecule has 0 aliphatic carbocycles. The Morgan fingerprint density at radius 2 is 0.667 bits per heavy atom. The average molecular weight is 887 g/mol. The average Bonchev–Trinajstić information content (AvgIpc) is 3.19. The third kappa shape index (κ3) is 8.95. The van der Waals surface area contributed by atoms with Gasteiger partial charge in [0.15, 0.2) is 46.5 Å². The van der Waals surface area contributed by atoms with Crippen LogP contribution < -0.4 is 10.2 Å². The molecule has 0 aliphatic rings. The van der Waals surface area contributed by atoms with E-state index in [1.807, 2.05) is 0 Å². The van der Waals surface area contributed by atoms with Crippen LogP contribution in [0.2, 0.25) is 0 Å². The molecule has 0 atom stereocenters. The Labute approximate surface area is 333 Å². The van der Waals surface area contributed by atoms with Crippen molar-refractivity contribution in [3.63, 3.8) is 0 Å². The number of benzene rings is 6. The van der Waals surface area contributed by atoms with Crippen molar-refractivity contribution in [2.75, 3.05) is 0 Å². The summed E-state index contributed by atoms with van der Waals surface area (Å²) in [6.07, 6.45) is 0. The molecule has 0 aliphatic heterocycles. The molecule has 0 fully saturated rings. The summed E-state index contributed by atoms with van der Waals surface area (Å²) in [6.45, 7) is 6.52. The van der Waals surface area contributed by atoms with Crippen LogP contribution in [0.15, 0.2) is 94.9 Å². The zero-order valence-corrected chi connectivity index (χ0v) is 31.4. The van der Waals surface area contributed by atoms with Gasteiger partial charge >= 0.3 is 20.4 Å². The summed E-state index contributed by atoms with van der Waals surface area (Å²) < 4.78 is 138. The van der Waals surface area contributed by atoms with E-state index in [4.69, 9.17) is 0 Å². The van der Waals surface area contributed by atoms with Gasteiger partial charge in [0.25, 0.3) is 0 Å². The van der Waals surface area contributed by atoms with E-state index in [0.29, 0.717) is 22.3 Å². The van der Waals surface area contributed by atoms with Crippen molar-refractivity contribution in [2.24, 2.45) is 9.98 Å². The molecule has 0 N–H and O–H groups in total. The van der Waals surface area contributed by atoms with Crippen LogP contribution in [0.25, 0.3) is 0 Å². The van der Waals surface area contributed by atoms with Crippen LogP contribution in [-0.2, 0) is 20.4 Å². The predicted octanol–water partition coefficient (Wildman–Crippen LogP) is 10.5. The van der Waals surface area contributed by atoms with E-state index in [1.165, 1.54) is 36.4 Å². The van der Waals surface area contributed by atoms with Crippen LogP contribution in [0.4, 0.5) is 55.3 Å². The van der Waals surface area contributed by atoms with Gasteiger partial charge < -0.3 is 10.2 Å². The van der Waals surface area contributed by atoms with Gasteiger partial charge in [-0.1, -0.05) is 119 Å². The van der Waals surface area contributed by atoms with E-state index in [2.05, 4.69) is 9.98 Å². The van der Waals surface area contributed by atoms with Crippen LogP contribution in [0.3, 0.4) is 0 Å². The first-order valence-electron chi connectivity index (χ1n) is 16.3. The maximum absolute atomic E-state index is 14.1. The molecule has 0 unspecified atom stereocenters. The van der Waals surface area contributed by atoms with Gasteiger partial charge in [-0.15, -0.1) is 0 Å². The second kappa shape index (κ2) is 18.0. The molecular formula is C42H26F10N2O2Pd. The number of hydrogen-bond acceptors (Lipinski definition) is 4. The normalized spacial score (nSPS) is 11.5. The third-order valence-electron chi connectivity index (χ3n) is 8.26. The van der Waals surface area contributed by atoms with Gasteiger partial charge in [-0.3, -0.25) is 0 Å². The largest absolute Gasteiger partial charge is 2.00 e. The molecule has 0 heterocycles. The summed E-state index contributed by atoms with van der Waals surface area (Å²) in [5.41, 5.74) is -0.473. The van der Waals surface area contributed by atoms with Crippen LogP contribution in [-0.4, -0.2) is 11.4 Å². The molecule has 0 bridgehead atoms. The first-order valence-corrected chi connectivity index (χ1v) is 16.3. The van der Waals surface area contributed by atoms with Gasteiger partial charge in [-0.25, -0.2) is 53.9 Å². The fourth-order valence-electron chi connectivity index (χ4n) is 5.62. The number of nitrogens with zero attached hydrogens (tertiary/aromatic N) is 2. The van der Waals surface area contributed by atoms with E-state index in [9.17, 15) is 54.1 Å². The smallest absolute Gasteiger partial charge is 0.872 e. The quantitative estimate of drug-likeness (QED) is 0.0550. The van der Waals surface area contributed by atoms with Crippen LogP contribution >= 0.6 is 0 Å². The Morgan fingerprint density at radius 3 is 0.947 bits per heavy atom. The third-order valence-corrected chi connectivity index (χ3v) is 8.26. The molecule has 4 nitrogen and oxygen atoms in total. The summed E-state index contributed by atoms with van der Waals surface area (Å²) in [5.74, 6) is -22.2. The molecule has 0 spiro atoms. The van der Waals surface area contributed by atoms with Gasteiger partial charge in [0.2, 0.25) is 11.6 Å². The van der Waals surface area contributed by atoms with E-state index < -0.39 is 81.0 Å². The Morgan fingerprint density at radius 1 is 0.404 bits per heavy atom. The van der Waals surface area contributed by atoms with Crippen molar-refractivity contribution in [1.82, 2.24) is 0 Å². The minimum Gasteiger partial charge on any atom is -0.872 e. The van der Waals surface area contributed by atoms with Crippen molar-refractivity contribution >= 4 is 22.8 Å². The molecular weight excluding hydrogens is 861 g/mol. The Hall–Kier alpha value is -5.78. The molecule has 296 valence electrons. The molecule has 6 aromatic carbocycles. The van der Waals surface area contributed by atoms with Gasteiger partial charge in [0, 0.05) is 11.1 Å². The first kappa shape index (κ1) is 43.9. The van der Waals surface area contributed by atoms with E-state index >= 15 is 0 Å². The monoisotopic (exact) mass is 886 g/mol. The second-order valence-electron chi connectivity index (χ2n) is 12.4. The van der Waals surface area contributed by atoms with Crippen LogP contribution in [0.1, 0.15) is 44.5 Å². The molecule has 0 saturated heterocycles. The van der Waals surface area contributed by atoms with Crippen molar-refractivity contribution in [1.29, 1.82) is 0 Å². The second-order valence-corrected chi connectivity index (χ2v) is 12.4. The van der Waals surface area contributed by atoms with Gasteiger partial charge in [0.05, 0.1) is 11.4 Å². The van der Waals surface area contributed by atoms with Crippen LogP contribution in [0.5, 0.6) is 11.5 Å². The number of aryl methyl sites for hydroxylation is 4. The van der Waals surface area contributed by atoms with Crippen molar-refractivity contribution < 1.29 is 74.5 Å². The fourth-order valence-corrected chi connectivity index (χ4v) is 5.62. The molecule has 0 aromatic heterocycles. The standard InChI is InChI=1S/2C21H14F5NO.Pd/c2*1-10-8-11(2)21(28)13(9-10)19(12-6-4-3-5-7-12)27-20-17(25)15(23)14(22)16(24)18(20)26;/h2*3-9,28H,1-2H3;/q;;+2/p-2.